The molecule has 1 aromatic rings. The minimum atomic E-state index is -1.05. The molecule has 1 rings (SSSR count). The van der Waals surface area contributed by atoms with Gasteiger partial charge in [-0.25, -0.2) is 9.78 Å². The molecule has 0 amide bonds. The number of rotatable bonds is 1. The molecule has 12 heavy (non-hydrogen) atoms. The summed E-state index contributed by atoms with van der Waals surface area (Å²) >= 11 is 0. The van der Waals surface area contributed by atoms with E-state index in [0.717, 1.165) is 0 Å². The van der Waals surface area contributed by atoms with E-state index in [2.05, 4.69) is 9.97 Å². The first-order valence-corrected chi connectivity index (χ1v) is 2.30. The van der Waals surface area contributed by atoms with Gasteiger partial charge in [0.2, 0.25) is 0 Å². The molecule has 0 aliphatic heterocycles. The van der Waals surface area contributed by atoms with E-state index in [9.17, 15) is 4.79 Å². The molecule has 7 heteroatoms. The SMILES string of the molecule is O=C(O)c1cnccn1.[H-].[H-].[H-].[Na+].[Na+].[Na+]. The number of aromatic nitrogens is 2. The van der Waals surface area contributed by atoms with Crippen molar-refractivity contribution in [2.45, 2.75) is 0 Å². The predicted molar refractivity (Wildman–Crippen MR) is 32.3 cm³/mol. The third-order valence-corrected chi connectivity index (χ3v) is 0.782. The van der Waals surface area contributed by atoms with Crippen molar-refractivity contribution in [2.75, 3.05) is 0 Å². The molecule has 0 radical (unpaired) electrons. The number of aromatic carboxylic acids is 1. The average molecular weight is 196 g/mol. The minimum Gasteiger partial charge on any atom is -1.00 e. The molecule has 0 atom stereocenters. The Morgan fingerprint density at radius 3 is 2.17 bits per heavy atom. The van der Waals surface area contributed by atoms with Gasteiger partial charge < -0.3 is 9.39 Å². The number of carbonyl (C=O) groups is 1. The number of carboxylic acid groups (broad SMARTS) is 1. The van der Waals surface area contributed by atoms with E-state index in [-0.39, 0.29) is 98.6 Å². The number of carboxylic acids is 1. The molecule has 1 heterocycles. The predicted octanol–water partition coefficient (Wildman–Crippen LogP) is -8.48. The van der Waals surface area contributed by atoms with Crippen LogP contribution in [0.2, 0.25) is 0 Å². The molecule has 0 bridgehead atoms. The molecule has 1 N–H and O–H groups in total. The van der Waals surface area contributed by atoms with Crippen molar-refractivity contribution in [3.05, 3.63) is 24.3 Å². The molecule has 0 aliphatic carbocycles. The Hall–Kier alpha value is 1.55. The van der Waals surface area contributed by atoms with E-state index >= 15 is 0 Å². The molecule has 0 spiro atoms. The van der Waals surface area contributed by atoms with Gasteiger partial charge in [0, 0.05) is 12.4 Å². The molecule has 0 aromatic carbocycles. The molecule has 0 saturated carbocycles. The molecule has 1 aromatic heterocycles. The average Bonchev–Trinajstić information content (AvgIpc) is 1.90. The first-order chi connectivity index (χ1) is 4.30. The first-order valence-electron chi connectivity index (χ1n) is 2.30. The van der Waals surface area contributed by atoms with Crippen LogP contribution in [0.1, 0.15) is 14.8 Å². The number of hydrogen-bond donors (Lipinski definition) is 1. The third kappa shape index (κ3) is 7.00. The molecule has 52 valence electrons. The van der Waals surface area contributed by atoms with Gasteiger partial charge in [-0.1, -0.05) is 0 Å². The summed E-state index contributed by atoms with van der Waals surface area (Å²) in [5.41, 5.74) is -0.0301. The van der Waals surface area contributed by atoms with Crippen LogP contribution in [-0.4, -0.2) is 21.0 Å². The van der Waals surface area contributed by atoms with Crippen LogP contribution in [0.3, 0.4) is 0 Å². The fraction of sp³-hybridized carbons (Fsp3) is 0. The molecular formula is C5H7N2Na3O2. The second-order valence-electron chi connectivity index (χ2n) is 1.40. The van der Waals surface area contributed by atoms with Gasteiger partial charge in [-0.3, -0.25) is 4.98 Å². The van der Waals surface area contributed by atoms with Gasteiger partial charge in [-0.05, 0) is 0 Å². The zero-order valence-corrected chi connectivity index (χ0v) is 13.5. The summed E-state index contributed by atoms with van der Waals surface area (Å²) in [6, 6.07) is 0. The molecule has 0 fully saturated rings. The third-order valence-electron chi connectivity index (χ3n) is 0.782. The van der Waals surface area contributed by atoms with Gasteiger partial charge >= 0.3 is 94.6 Å². The Kier molecular flexibility index (Phi) is 17.0. The van der Waals surface area contributed by atoms with Crippen molar-refractivity contribution in [2.24, 2.45) is 0 Å². The van der Waals surface area contributed by atoms with Crippen LogP contribution in [0.15, 0.2) is 18.6 Å². The Labute approximate surface area is 141 Å². The fourth-order valence-electron chi connectivity index (χ4n) is 0.410. The van der Waals surface area contributed by atoms with Gasteiger partial charge in [-0.2, -0.15) is 0 Å². The van der Waals surface area contributed by atoms with Crippen molar-refractivity contribution in [3.8, 4) is 0 Å². The second kappa shape index (κ2) is 10.6. The normalized spacial score (nSPS) is 6.67. The maximum atomic E-state index is 10.1. The summed E-state index contributed by atoms with van der Waals surface area (Å²) in [4.78, 5) is 17.2. The Morgan fingerprint density at radius 1 is 1.33 bits per heavy atom. The maximum absolute atomic E-state index is 10.1. The van der Waals surface area contributed by atoms with Gasteiger partial charge in [0.1, 0.15) is 0 Å². The van der Waals surface area contributed by atoms with Crippen molar-refractivity contribution in [1.29, 1.82) is 0 Å². The van der Waals surface area contributed by atoms with Crippen LogP contribution in [0, 0.1) is 0 Å². The van der Waals surface area contributed by atoms with Crippen molar-refractivity contribution >= 4 is 5.97 Å². The van der Waals surface area contributed by atoms with E-state index in [1.807, 2.05) is 0 Å². The fourth-order valence-corrected chi connectivity index (χ4v) is 0.410. The quantitative estimate of drug-likeness (QED) is 0.453. The Bertz CT molecular complexity index is 230. The van der Waals surface area contributed by atoms with Crippen molar-refractivity contribution < 1.29 is 103 Å². The Morgan fingerprint density at radius 2 is 1.92 bits per heavy atom. The van der Waals surface area contributed by atoms with Crippen molar-refractivity contribution in [1.82, 2.24) is 9.97 Å². The topological polar surface area (TPSA) is 63.1 Å². The molecule has 4 nitrogen and oxygen atoms in total. The largest absolute Gasteiger partial charge is 1.00 e. The van der Waals surface area contributed by atoms with Crippen LogP contribution in [0.5, 0.6) is 0 Å². The van der Waals surface area contributed by atoms with Gasteiger partial charge in [-0.15, -0.1) is 0 Å². The first kappa shape index (κ1) is 19.2. The van der Waals surface area contributed by atoms with E-state index in [1.165, 1.54) is 18.6 Å². The standard InChI is InChI=1S/C5H4N2O2.3Na.3H/c8-5(9)4-3-6-1-2-7-4;;;;;;/h1-3H,(H,8,9);;;;;;/q;3*+1;3*-1. The van der Waals surface area contributed by atoms with Gasteiger partial charge in [0.25, 0.3) is 0 Å². The molecule has 0 aliphatic rings. The van der Waals surface area contributed by atoms with Gasteiger partial charge in [0.05, 0.1) is 6.20 Å². The van der Waals surface area contributed by atoms with Crippen LogP contribution in [0.4, 0.5) is 0 Å². The van der Waals surface area contributed by atoms with E-state index < -0.39 is 5.97 Å². The molecular weight excluding hydrogens is 189 g/mol. The monoisotopic (exact) mass is 196 g/mol. The van der Waals surface area contributed by atoms with Crippen LogP contribution < -0.4 is 88.7 Å². The van der Waals surface area contributed by atoms with Gasteiger partial charge in [0.15, 0.2) is 5.69 Å². The van der Waals surface area contributed by atoms with Crippen LogP contribution >= 0.6 is 0 Å². The smallest absolute Gasteiger partial charge is 1.00 e. The van der Waals surface area contributed by atoms with E-state index in [0.29, 0.717) is 0 Å². The Balaban J connectivity index is -0.0000000337. The zero-order valence-electron chi connectivity index (χ0n) is 10.5. The number of nitrogens with zero attached hydrogens (tertiary/aromatic N) is 2. The summed E-state index contributed by atoms with van der Waals surface area (Å²) in [5, 5.41) is 8.28. The maximum Gasteiger partial charge on any atom is 1.00 e. The van der Waals surface area contributed by atoms with Crippen molar-refractivity contribution in [3.63, 3.8) is 0 Å². The minimum absolute atomic E-state index is 0. The zero-order chi connectivity index (χ0) is 6.69. The summed E-state index contributed by atoms with van der Waals surface area (Å²) in [7, 11) is 0. The summed E-state index contributed by atoms with van der Waals surface area (Å²) in [6.45, 7) is 0. The second-order valence-corrected chi connectivity index (χ2v) is 1.40. The van der Waals surface area contributed by atoms with Crippen LogP contribution in [0.25, 0.3) is 0 Å². The molecule has 0 saturated heterocycles. The summed E-state index contributed by atoms with van der Waals surface area (Å²) < 4.78 is 0. The number of hydrogen-bond acceptors (Lipinski definition) is 3. The summed E-state index contributed by atoms with van der Waals surface area (Å²) in [6.07, 6.45) is 3.96. The molecule has 0 unspecified atom stereocenters. The van der Waals surface area contributed by atoms with Crippen LogP contribution in [-0.2, 0) is 0 Å². The van der Waals surface area contributed by atoms with E-state index in [4.69, 9.17) is 5.11 Å². The van der Waals surface area contributed by atoms with E-state index in [1.54, 1.807) is 0 Å². The summed E-state index contributed by atoms with van der Waals surface area (Å²) in [5.74, 6) is -1.05.